The number of halogens is 3. The first-order chi connectivity index (χ1) is 14.9. The Bertz CT molecular complexity index is 1160. The minimum Gasteiger partial charge on any atom is -0.496 e. The molecule has 0 aliphatic heterocycles. The van der Waals surface area contributed by atoms with Gasteiger partial charge in [-0.1, -0.05) is 6.07 Å². The van der Waals surface area contributed by atoms with Crippen LogP contribution in [0.15, 0.2) is 36.5 Å². The summed E-state index contributed by atoms with van der Waals surface area (Å²) in [6, 6.07) is 6.44. The highest BCUT2D eigenvalue weighted by molar-refractivity contribution is 5.97. The number of alkyl halides is 3. The maximum atomic E-state index is 12.9. The van der Waals surface area contributed by atoms with Crippen LogP contribution in [0.4, 0.5) is 13.2 Å². The normalized spacial score (nSPS) is 12.1. The molecule has 32 heavy (non-hydrogen) atoms. The maximum Gasteiger partial charge on any atom is 0.433 e. The van der Waals surface area contributed by atoms with Crippen LogP contribution in [-0.2, 0) is 28.7 Å². The van der Waals surface area contributed by atoms with Gasteiger partial charge < -0.3 is 9.47 Å². The zero-order valence-electron chi connectivity index (χ0n) is 18.0. The van der Waals surface area contributed by atoms with Gasteiger partial charge in [-0.3, -0.25) is 14.3 Å². The van der Waals surface area contributed by atoms with Crippen LogP contribution in [0.5, 0.6) is 5.75 Å². The summed E-state index contributed by atoms with van der Waals surface area (Å²) in [4.78, 5) is 28.1. The van der Waals surface area contributed by atoms with Crippen LogP contribution in [0.1, 0.15) is 42.5 Å². The number of carbonyl (C=O) groups is 2. The third kappa shape index (κ3) is 5.63. The molecule has 10 heteroatoms. The summed E-state index contributed by atoms with van der Waals surface area (Å²) in [5.74, 6) is -0.696. The van der Waals surface area contributed by atoms with Gasteiger partial charge in [-0.25, -0.2) is 4.98 Å². The minimum absolute atomic E-state index is 0.101. The summed E-state index contributed by atoms with van der Waals surface area (Å²) in [7, 11) is 1.41. The van der Waals surface area contributed by atoms with E-state index in [-0.39, 0.29) is 18.7 Å². The Labute approximate surface area is 182 Å². The Hall–Kier alpha value is -3.43. The Morgan fingerprint density at radius 1 is 1.12 bits per heavy atom. The number of ketones is 1. The number of aromatic nitrogens is 3. The molecule has 2 heterocycles. The standard InChI is InChI=1S/C22H22F3N3O4/c1-21(2,3)32-20(30)12-28-11-14-8-13(18(31-4)10-16(14)27-28)9-17(29)15-6-5-7-19(26-15)22(23,24)25/h5-8,10-11H,9,12H2,1-4H3. The number of rotatable bonds is 6. The zero-order valence-corrected chi connectivity index (χ0v) is 18.0. The molecule has 0 amide bonds. The van der Waals surface area contributed by atoms with E-state index >= 15 is 0 Å². The lowest BCUT2D eigenvalue weighted by atomic mass is 10.0. The lowest BCUT2D eigenvalue weighted by Crippen LogP contribution is -2.26. The van der Waals surface area contributed by atoms with Gasteiger partial charge in [0.1, 0.15) is 29.3 Å². The van der Waals surface area contributed by atoms with Gasteiger partial charge >= 0.3 is 12.1 Å². The molecule has 3 aromatic rings. The Balaban J connectivity index is 1.85. The molecular formula is C22H22F3N3O4. The number of fused-ring (bicyclic) bond motifs is 1. The van der Waals surface area contributed by atoms with E-state index in [9.17, 15) is 22.8 Å². The summed E-state index contributed by atoms with van der Waals surface area (Å²) in [6.07, 6.45) is -3.24. The van der Waals surface area contributed by atoms with Gasteiger partial charge in [0, 0.05) is 29.6 Å². The predicted molar refractivity (Wildman–Crippen MR) is 109 cm³/mol. The number of ether oxygens (including phenoxy) is 2. The first kappa shape index (κ1) is 23.2. The van der Waals surface area contributed by atoms with Crippen LogP contribution in [0, 0.1) is 0 Å². The van der Waals surface area contributed by atoms with E-state index in [1.807, 2.05) is 0 Å². The molecule has 3 rings (SSSR count). The molecule has 0 atom stereocenters. The number of benzene rings is 1. The third-order valence-corrected chi connectivity index (χ3v) is 4.34. The molecule has 0 bridgehead atoms. The van der Waals surface area contributed by atoms with Crippen molar-refractivity contribution < 1.29 is 32.2 Å². The molecule has 7 nitrogen and oxygen atoms in total. The van der Waals surface area contributed by atoms with Crippen LogP contribution >= 0.6 is 0 Å². The van der Waals surface area contributed by atoms with Crippen LogP contribution in [0.3, 0.4) is 0 Å². The molecule has 0 fully saturated rings. The molecule has 0 unspecified atom stereocenters. The zero-order chi connectivity index (χ0) is 23.7. The Morgan fingerprint density at radius 2 is 1.84 bits per heavy atom. The number of hydrogen-bond donors (Lipinski definition) is 0. The Kier molecular flexibility index (Phi) is 6.25. The van der Waals surface area contributed by atoms with Crippen LogP contribution in [-0.4, -0.2) is 39.2 Å². The monoisotopic (exact) mass is 449 g/mol. The fraction of sp³-hybridized carbons (Fsp3) is 0.364. The number of esters is 1. The third-order valence-electron chi connectivity index (χ3n) is 4.34. The number of pyridine rings is 1. The number of methoxy groups -OCH3 is 1. The van der Waals surface area contributed by atoms with Crippen LogP contribution in [0.25, 0.3) is 10.9 Å². The van der Waals surface area contributed by atoms with Crippen LogP contribution < -0.4 is 4.74 Å². The molecule has 0 N–H and O–H groups in total. The van der Waals surface area contributed by atoms with Gasteiger partial charge in [-0.05, 0) is 39.0 Å². The first-order valence-corrected chi connectivity index (χ1v) is 9.69. The fourth-order valence-corrected chi connectivity index (χ4v) is 3.08. The second kappa shape index (κ2) is 8.60. The summed E-state index contributed by atoms with van der Waals surface area (Å²) in [6.45, 7) is 5.18. The minimum atomic E-state index is -4.64. The highest BCUT2D eigenvalue weighted by atomic mass is 19.4. The molecule has 0 spiro atoms. The van der Waals surface area contributed by atoms with E-state index < -0.39 is 29.2 Å². The molecule has 170 valence electrons. The van der Waals surface area contributed by atoms with E-state index in [1.165, 1.54) is 17.9 Å². The number of carbonyl (C=O) groups excluding carboxylic acids is 2. The number of hydrogen-bond acceptors (Lipinski definition) is 6. The van der Waals surface area contributed by atoms with E-state index in [4.69, 9.17) is 9.47 Å². The predicted octanol–water partition coefficient (Wildman–Crippen LogP) is 4.23. The SMILES string of the molecule is COc1cc2nn(CC(=O)OC(C)(C)C)cc2cc1CC(=O)c1cccc(C(F)(F)F)n1. The van der Waals surface area contributed by atoms with Crippen LogP contribution in [0.2, 0.25) is 0 Å². The fourth-order valence-electron chi connectivity index (χ4n) is 3.08. The lowest BCUT2D eigenvalue weighted by Gasteiger charge is -2.19. The highest BCUT2D eigenvalue weighted by Gasteiger charge is 2.33. The summed E-state index contributed by atoms with van der Waals surface area (Å²) in [5.41, 5.74) is -1.06. The number of nitrogens with zero attached hydrogens (tertiary/aromatic N) is 3. The molecule has 0 aliphatic carbocycles. The average Bonchev–Trinajstić information content (AvgIpc) is 3.05. The summed E-state index contributed by atoms with van der Waals surface area (Å²) >= 11 is 0. The molecule has 0 radical (unpaired) electrons. The van der Waals surface area contributed by atoms with Gasteiger partial charge in [-0.15, -0.1) is 0 Å². The summed E-state index contributed by atoms with van der Waals surface area (Å²) in [5, 5.41) is 4.96. The van der Waals surface area contributed by atoms with Crippen molar-refractivity contribution in [2.45, 2.75) is 45.5 Å². The van der Waals surface area contributed by atoms with Crippen molar-refractivity contribution in [3.05, 3.63) is 53.5 Å². The highest BCUT2D eigenvalue weighted by Crippen LogP contribution is 2.29. The quantitative estimate of drug-likeness (QED) is 0.414. The number of Topliss-reactive ketones (excluding diaryl/α,β-unsaturated/α-hetero) is 1. The van der Waals surface area contributed by atoms with Crippen molar-refractivity contribution in [2.24, 2.45) is 0 Å². The topological polar surface area (TPSA) is 83.3 Å². The van der Waals surface area contributed by atoms with E-state index in [0.29, 0.717) is 22.2 Å². The first-order valence-electron chi connectivity index (χ1n) is 9.69. The van der Waals surface area contributed by atoms with Gasteiger partial charge in [0.2, 0.25) is 0 Å². The molecule has 2 aromatic heterocycles. The smallest absolute Gasteiger partial charge is 0.433 e. The summed E-state index contributed by atoms with van der Waals surface area (Å²) < 4.78 is 50.7. The van der Waals surface area contributed by atoms with Gasteiger partial charge in [0.15, 0.2) is 5.78 Å². The molecule has 1 aromatic carbocycles. The second-order valence-corrected chi connectivity index (χ2v) is 8.14. The van der Waals surface area contributed by atoms with Gasteiger partial charge in [0.05, 0.1) is 12.6 Å². The molecular weight excluding hydrogens is 427 g/mol. The molecule has 0 saturated carbocycles. The largest absolute Gasteiger partial charge is 0.496 e. The Morgan fingerprint density at radius 3 is 2.47 bits per heavy atom. The maximum absolute atomic E-state index is 12.9. The molecule has 0 aliphatic rings. The van der Waals surface area contributed by atoms with E-state index in [2.05, 4.69) is 10.1 Å². The lowest BCUT2D eigenvalue weighted by molar-refractivity contribution is -0.155. The van der Waals surface area contributed by atoms with Gasteiger partial charge in [-0.2, -0.15) is 18.3 Å². The van der Waals surface area contributed by atoms with Crippen molar-refractivity contribution in [1.29, 1.82) is 0 Å². The van der Waals surface area contributed by atoms with Crippen molar-refractivity contribution in [2.75, 3.05) is 7.11 Å². The van der Waals surface area contributed by atoms with E-state index in [0.717, 1.165) is 12.1 Å². The molecule has 0 saturated heterocycles. The second-order valence-electron chi connectivity index (χ2n) is 8.14. The van der Waals surface area contributed by atoms with E-state index in [1.54, 1.807) is 39.1 Å². The van der Waals surface area contributed by atoms with Crippen molar-refractivity contribution in [1.82, 2.24) is 14.8 Å². The average molecular weight is 449 g/mol. The van der Waals surface area contributed by atoms with Gasteiger partial charge in [0.25, 0.3) is 0 Å². The van der Waals surface area contributed by atoms with Crippen molar-refractivity contribution >= 4 is 22.7 Å². The van der Waals surface area contributed by atoms with Crippen molar-refractivity contribution in [3.8, 4) is 5.75 Å². The van der Waals surface area contributed by atoms with Crippen molar-refractivity contribution in [3.63, 3.8) is 0 Å².